The normalized spacial score (nSPS) is 18.0. The van der Waals surface area contributed by atoms with Crippen molar-refractivity contribution in [2.75, 3.05) is 6.67 Å². The average molecular weight is 328 g/mol. The molecule has 25 heavy (non-hydrogen) atoms. The van der Waals surface area contributed by atoms with Crippen LogP contribution in [0.3, 0.4) is 0 Å². The Kier molecular flexibility index (Phi) is 6.02. The number of benzene rings is 2. The van der Waals surface area contributed by atoms with Gasteiger partial charge in [0.15, 0.2) is 0 Å². The summed E-state index contributed by atoms with van der Waals surface area (Å²) in [5.74, 6) is 0. The maximum atomic E-state index is 3.45. The molecule has 1 heterocycles. The van der Waals surface area contributed by atoms with Crippen LogP contribution < -0.4 is 10.6 Å². The largest absolute Gasteiger partial charge is 0.379 e. The van der Waals surface area contributed by atoms with Gasteiger partial charge in [-0.3, -0.25) is 5.32 Å². The van der Waals surface area contributed by atoms with Crippen LogP contribution in [-0.4, -0.2) is 6.67 Å². The van der Waals surface area contributed by atoms with Gasteiger partial charge < -0.3 is 5.32 Å². The maximum Gasteiger partial charge on any atom is 0.0655 e. The highest BCUT2D eigenvalue weighted by Gasteiger charge is 2.10. The minimum absolute atomic E-state index is 0.257. The molecule has 0 bridgehead atoms. The predicted octanol–water partition coefficient (Wildman–Crippen LogP) is 5.06. The Labute approximate surface area is 150 Å². The summed E-state index contributed by atoms with van der Waals surface area (Å²) in [7, 11) is 0. The molecule has 126 valence electrons. The minimum atomic E-state index is 0.257. The molecule has 0 fully saturated rings. The Morgan fingerprint density at radius 2 is 1.96 bits per heavy atom. The zero-order valence-corrected chi connectivity index (χ0v) is 14.5. The number of nitrogens with one attached hydrogen (secondary N) is 2. The third-order valence-electron chi connectivity index (χ3n) is 4.12. The van der Waals surface area contributed by atoms with E-state index in [1.807, 2.05) is 12.3 Å². The highest BCUT2D eigenvalue weighted by Crippen LogP contribution is 2.22. The summed E-state index contributed by atoms with van der Waals surface area (Å²) in [6.07, 6.45) is 14.8. The average Bonchev–Trinajstić information content (AvgIpc) is 2.69. The topological polar surface area (TPSA) is 24.1 Å². The summed E-state index contributed by atoms with van der Waals surface area (Å²) >= 11 is 0. The van der Waals surface area contributed by atoms with E-state index in [2.05, 4.69) is 103 Å². The highest BCUT2D eigenvalue weighted by atomic mass is 15.1. The van der Waals surface area contributed by atoms with Gasteiger partial charge in [-0.1, -0.05) is 78.9 Å². The molecule has 2 aromatic carbocycles. The monoisotopic (exact) mass is 328 g/mol. The molecule has 0 amide bonds. The molecular weight excluding hydrogens is 304 g/mol. The van der Waals surface area contributed by atoms with Crippen LogP contribution in [-0.2, 0) is 0 Å². The summed E-state index contributed by atoms with van der Waals surface area (Å²) in [6, 6.07) is 19.3. The van der Waals surface area contributed by atoms with Gasteiger partial charge >= 0.3 is 0 Å². The SMILES string of the molecule is C\C=C/C(=C\C=C\c1ccccc1)c1cccc(C2C=CNCN2)c1. The van der Waals surface area contributed by atoms with E-state index in [1.54, 1.807) is 0 Å². The van der Waals surface area contributed by atoms with Crippen LogP contribution in [0.1, 0.15) is 29.7 Å². The lowest BCUT2D eigenvalue weighted by Gasteiger charge is -2.20. The van der Waals surface area contributed by atoms with Crippen molar-refractivity contribution >= 4 is 11.6 Å². The van der Waals surface area contributed by atoms with Crippen molar-refractivity contribution in [1.82, 2.24) is 10.6 Å². The second kappa shape index (κ2) is 8.86. The van der Waals surface area contributed by atoms with E-state index in [9.17, 15) is 0 Å². The summed E-state index contributed by atoms with van der Waals surface area (Å²) in [5, 5.41) is 6.61. The van der Waals surface area contributed by atoms with Gasteiger partial charge in [0.05, 0.1) is 12.7 Å². The smallest absolute Gasteiger partial charge is 0.0655 e. The van der Waals surface area contributed by atoms with Crippen molar-refractivity contribution in [3.8, 4) is 0 Å². The maximum absolute atomic E-state index is 3.45. The quantitative estimate of drug-likeness (QED) is 0.749. The Bertz CT molecular complexity index is 798. The van der Waals surface area contributed by atoms with E-state index in [0.29, 0.717) is 0 Å². The molecule has 1 atom stereocenters. The second-order valence-corrected chi connectivity index (χ2v) is 5.94. The molecule has 0 saturated carbocycles. The van der Waals surface area contributed by atoms with E-state index in [-0.39, 0.29) is 6.04 Å². The van der Waals surface area contributed by atoms with Crippen LogP contribution in [0.4, 0.5) is 0 Å². The zero-order chi connectivity index (χ0) is 17.3. The lowest BCUT2D eigenvalue weighted by atomic mass is 9.98. The fourth-order valence-corrected chi connectivity index (χ4v) is 2.86. The Morgan fingerprint density at radius 3 is 2.72 bits per heavy atom. The minimum Gasteiger partial charge on any atom is -0.379 e. The van der Waals surface area contributed by atoms with Gasteiger partial charge in [-0.2, -0.15) is 0 Å². The fourth-order valence-electron chi connectivity index (χ4n) is 2.86. The summed E-state index contributed by atoms with van der Waals surface area (Å²) < 4.78 is 0. The Hall–Kier alpha value is -2.84. The molecule has 2 N–H and O–H groups in total. The molecule has 1 aliphatic rings. The predicted molar refractivity (Wildman–Crippen MR) is 108 cm³/mol. The van der Waals surface area contributed by atoms with Crippen molar-refractivity contribution < 1.29 is 0 Å². The van der Waals surface area contributed by atoms with E-state index in [1.165, 1.54) is 22.3 Å². The van der Waals surface area contributed by atoms with Gasteiger partial charge in [-0.05, 0) is 47.5 Å². The summed E-state index contributed by atoms with van der Waals surface area (Å²) in [5.41, 5.74) is 4.91. The number of allylic oxidation sites excluding steroid dienone is 5. The molecular formula is C23H24N2. The van der Waals surface area contributed by atoms with E-state index < -0.39 is 0 Å². The molecule has 3 rings (SSSR count). The van der Waals surface area contributed by atoms with Crippen molar-refractivity contribution in [3.63, 3.8) is 0 Å². The van der Waals surface area contributed by atoms with Crippen molar-refractivity contribution in [2.45, 2.75) is 13.0 Å². The van der Waals surface area contributed by atoms with Gasteiger partial charge in [0.25, 0.3) is 0 Å². The van der Waals surface area contributed by atoms with Crippen LogP contribution in [0.15, 0.2) is 91.2 Å². The van der Waals surface area contributed by atoms with Gasteiger partial charge in [-0.25, -0.2) is 0 Å². The second-order valence-electron chi connectivity index (χ2n) is 5.94. The van der Waals surface area contributed by atoms with Gasteiger partial charge in [0.1, 0.15) is 0 Å². The molecule has 2 nitrogen and oxygen atoms in total. The number of rotatable bonds is 5. The number of hydrogen-bond acceptors (Lipinski definition) is 2. The molecule has 1 unspecified atom stereocenters. The highest BCUT2D eigenvalue weighted by molar-refractivity contribution is 5.76. The molecule has 0 radical (unpaired) electrons. The van der Waals surface area contributed by atoms with Crippen LogP contribution in [0.5, 0.6) is 0 Å². The van der Waals surface area contributed by atoms with E-state index in [0.717, 1.165) is 6.67 Å². The van der Waals surface area contributed by atoms with Crippen molar-refractivity contribution in [2.24, 2.45) is 0 Å². The summed E-state index contributed by atoms with van der Waals surface area (Å²) in [4.78, 5) is 0. The van der Waals surface area contributed by atoms with Gasteiger partial charge in [0, 0.05) is 0 Å². The Morgan fingerprint density at radius 1 is 1.08 bits per heavy atom. The van der Waals surface area contributed by atoms with Gasteiger partial charge in [-0.15, -0.1) is 0 Å². The standard InChI is InChI=1S/C23H24N2/c1-2-8-20(12-6-11-19-9-4-3-5-10-19)21-13-7-14-22(17-21)23-15-16-24-18-25-23/h2-17,23-25H,18H2,1H3/b8-2-,11-6+,20-12+. The molecule has 0 spiro atoms. The van der Waals surface area contributed by atoms with Gasteiger partial charge in [0.2, 0.25) is 0 Å². The zero-order valence-electron chi connectivity index (χ0n) is 14.5. The van der Waals surface area contributed by atoms with E-state index >= 15 is 0 Å². The third kappa shape index (κ3) is 4.82. The van der Waals surface area contributed by atoms with Crippen LogP contribution >= 0.6 is 0 Å². The van der Waals surface area contributed by atoms with Crippen LogP contribution in [0, 0.1) is 0 Å². The number of hydrogen-bond donors (Lipinski definition) is 2. The Balaban J connectivity index is 1.85. The first-order chi connectivity index (χ1) is 12.4. The molecule has 1 aliphatic heterocycles. The molecule has 0 aliphatic carbocycles. The fraction of sp³-hybridized carbons (Fsp3) is 0.130. The molecule has 0 saturated heterocycles. The van der Waals surface area contributed by atoms with Crippen LogP contribution in [0.25, 0.3) is 11.6 Å². The lowest BCUT2D eigenvalue weighted by Crippen LogP contribution is -2.32. The van der Waals surface area contributed by atoms with Crippen molar-refractivity contribution in [1.29, 1.82) is 0 Å². The lowest BCUT2D eigenvalue weighted by molar-refractivity contribution is 0.564. The first kappa shape index (κ1) is 17.0. The van der Waals surface area contributed by atoms with Crippen molar-refractivity contribution in [3.05, 3.63) is 108 Å². The molecule has 2 aromatic rings. The molecule has 0 aromatic heterocycles. The first-order valence-electron chi connectivity index (χ1n) is 8.67. The first-order valence-corrected chi connectivity index (χ1v) is 8.67. The van der Waals surface area contributed by atoms with E-state index in [4.69, 9.17) is 0 Å². The third-order valence-corrected chi connectivity index (χ3v) is 4.12. The van der Waals surface area contributed by atoms with Crippen LogP contribution in [0.2, 0.25) is 0 Å². The molecule has 2 heteroatoms. The summed E-state index contributed by atoms with van der Waals surface area (Å²) in [6.45, 7) is 2.85.